The topological polar surface area (TPSA) is 82.1 Å². The van der Waals surface area contributed by atoms with Gasteiger partial charge in [0.2, 0.25) is 17.7 Å². The van der Waals surface area contributed by atoms with Crippen molar-refractivity contribution in [2.75, 3.05) is 10.2 Å². The molecule has 7 heteroatoms. The molecule has 1 N–H and O–H groups in total. The van der Waals surface area contributed by atoms with E-state index in [9.17, 15) is 14.4 Å². The molecule has 3 aliphatic heterocycles. The van der Waals surface area contributed by atoms with Crippen LogP contribution in [0.15, 0.2) is 84.0 Å². The van der Waals surface area contributed by atoms with Crippen LogP contribution in [0.2, 0.25) is 0 Å². The number of aryl methyl sites for hydroxylation is 1. The number of nitrogens with one attached hydrogen (secondary N) is 1. The molecule has 4 atom stereocenters. The number of hydrazone groups is 1. The fourth-order valence-corrected chi connectivity index (χ4v) is 5.35. The number of imide groups is 1. The van der Waals surface area contributed by atoms with Crippen molar-refractivity contribution in [2.24, 2.45) is 16.9 Å². The number of anilines is 2. The second-order valence-electron chi connectivity index (χ2n) is 8.90. The number of hydrogen-bond acceptors (Lipinski definition) is 5. The molecule has 3 amide bonds. The summed E-state index contributed by atoms with van der Waals surface area (Å²) in [5.74, 6) is -2.57. The Morgan fingerprint density at radius 2 is 1.53 bits per heavy atom. The highest BCUT2D eigenvalue weighted by Gasteiger charge is 2.65. The zero-order valence-electron chi connectivity index (χ0n) is 18.5. The summed E-state index contributed by atoms with van der Waals surface area (Å²) in [5, 5.41) is 9.13. The second kappa shape index (κ2) is 7.66. The molecule has 2 saturated heterocycles. The highest BCUT2D eigenvalue weighted by atomic mass is 16.2. The van der Waals surface area contributed by atoms with E-state index in [1.807, 2.05) is 61.5 Å². The second-order valence-corrected chi connectivity index (χ2v) is 8.90. The third kappa shape index (κ3) is 2.97. The molecule has 3 aromatic rings. The van der Waals surface area contributed by atoms with E-state index in [1.165, 1.54) is 4.90 Å². The first kappa shape index (κ1) is 20.4. The van der Waals surface area contributed by atoms with Gasteiger partial charge in [0, 0.05) is 5.69 Å². The van der Waals surface area contributed by atoms with Crippen LogP contribution in [0, 0.1) is 18.8 Å². The minimum absolute atomic E-state index is 0.296. The van der Waals surface area contributed by atoms with Gasteiger partial charge >= 0.3 is 0 Å². The molecule has 34 heavy (non-hydrogen) atoms. The van der Waals surface area contributed by atoms with Crippen LogP contribution in [0.3, 0.4) is 0 Å². The first-order valence-corrected chi connectivity index (χ1v) is 11.3. The van der Waals surface area contributed by atoms with Gasteiger partial charge in [-0.2, -0.15) is 5.10 Å². The SMILES string of the molecule is Cc1ccc(N2C(=O)[C@H]3[C@@H](C2=O)C2c4ccccc4C=NN2[C@H]3C(=O)Nc2ccccc2)cc1. The molecule has 3 heterocycles. The molecular weight excluding hydrogens is 428 g/mol. The number of rotatable bonds is 3. The van der Waals surface area contributed by atoms with E-state index in [0.717, 1.165) is 16.7 Å². The van der Waals surface area contributed by atoms with Crippen LogP contribution in [-0.2, 0) is 14.4 Å². The number of nitrogens with zero attached hydrogens (tertiary/aromatic N) is 3. The highest BCUT2D eigenvalue weighted by molar-refractivity contribution is 6.24. The zero-order valence-corrected chi connectivity index (χ0v) is 18.5. The maximum absolute atomic E-state index is 13.8. The minimum Gasteiger partial charge on any atom is -0.324 e. The number of benzene rings is 3. The van der Waals surface area contributed by atoms with Crippen molar-refractivity contribution < 1.29 is 14.4 Å². The highest BCUT2D eigenvalue weighted by Crippen LogP contribution is 2.52. The maximum atomic E-state index is 13.8. The van der Waals surface area contributed by atoms with Gasteiger partial charge in [-0.1, -0.05) is 60.2 Å². The first-order valence-electron chi connectivity index (χ1n) is 11.3. The van der Waals surface area contributed by atoms with Crippen LogP contribution in [0.4, 0.5) is 11.4 Å². The lowest BCUT2D eigenvalue weighted by Gasteiger charge is -2.33. The van der Waals surface area contributed by atoms with E-state index >= 15 is 0 Å². The van der Waals surface area contributed by atoms with Crippen molar-refractivity contribution in [1.29, 1.82) is 0 Å². The Hall–Kier alpha value is -4.26. The number of para-hydroxylation sites is 1. The molecule has 168 valence electrons. The summed E-state index contributed by atoms with van der Waals surface area (Å²) < 4.78 is 0. The summed E-state index contributed by atoms with van der Waals surface area (Å²) in [4.78, 5) is 42.3. The van der Waals surface area contributed by atoms with E-state index in [0.29, 0.717) is 11.4 Å². The van der Waals surface area contributed by atoms with E-state index in [-0.39, 0.29) is 17.7 Å². The van der Waals surface area contributed by atoms with Crippen molar-refractivity contribution in [2.45, 2.75) is 19.0 Å². The van der Waals surface area contributed by atoms with Gasteiger partial charge in [-0.05, 0) is 42.3 Å². The maximum Gasteiger partial charge on any atom is 0.249 e. The van der Waals surface area contributed by atoms with Gasteiger partial charge in [0.15, 0.2) is 0 Å². The first-order chi connectivity index (χ1) is 16.5. The molecule has 0 aliphatic carbocycles. The van der Waals surface area contributed by atoms with E-state index in [1.54, 1.807) is 35.5 Å². The number of carbonyl (C=O) groups excluding carboxylic acids is 3. The van der Waals surface area contributed by atoms with Gasteiger partial charge in [0.05, 0.1) is 29.8 Å². The largest absolute Gasteiger partial charge is 0.324 e. The van der Waals surface area contributed by atoms with Crippen molar-refractivity contribution in [1.82, 2.24) is 5.01 Å². The molecule has 0 bridgehead atoms. The fourth-order valence-electron chi connectivity index (χ4n) is 5.35. The zero-order chi connectivity index (χ0) is 23.4. The Morgan fingerprint density at radius 1 is 0.853 bits per heavy atom. The van der Waals surface area contributed by atoms with Gasteiger partial charge in [0.25, 0.3) is 0 Å². The third-order valence-electron chi connectivity index (χ3n) is 6.90. The van der Waals surface area contributed by atoms with E-state index < -0.39 is 23.9 Å². The summed E-state index contributed by atoms with van der Waals surface area (Å²) in [6.45, 7) is 1.95. The smallest absolute Gasteiger partial charge is 0.249 e. The Labute approximate surface area is 196 Å². The predicted octanol–water partition coefficient (Wildman–Crippen LogP) is 3.51. The van der Waals surface area contributed by atoms with Crippen LogP contribution >= 0.6 is 0 Å². The molecule has 0 saturated carbocycles. The summed E-state index contributed by atoms with van der Waals surface area (Å²) in [6, 6.07) is 22.7. The number of hydrogen-bond donors (Lipinski definition) is 1. The minimum atomic E-state index is -0.910. The summed E-state index contributed by atoms with van der Waals surface area (Å²) in [7, 11) is 0. The van der Waals surface area contributed by atoms with E-state index in [4.69, 9.17) is 0 Å². The molecule has 0 radical (unpaired) electrons. The lowest BCUT2D eigenvalue weighted by Crippen LogP contribution is -2.46. The predicted molar refractivity (Wildman–Crippen MR) is 128 cm³/mol. The van der Waals surface area contributed by atoms with Gasteiger partial charge in [-0.3, -0.25) is 19.4 Å². The Kier molecular flexibility index (Phi) is 4.58. The number of fused-ring (bicyclic) bond motifs is 5. The van der Waals surface area contributed by atoms with Crippen LogP contribution in [0.25, 0.3) is 0 Å². The summed E-state index contributed by atoms with van der Waals surface area (Å²) in [6.07, 6.45) is 1.70. The monoisotopic (exact) mass is 450 g/mol. The summed E-state index contributed by atoms with van der Waals surface area (Å²) in [5.41, 5.74) is 3.97. The van der Waals surface area contributed by atoms with Crippen molar-refractivity contribution in [3.8, 4) is 0 Å². The van der Waals surface area contributed by atoms with Gasteiger partial charge < -0.3 is 5.32 Å². The normalized spacial score (nSPS) is 24.6. The summed E-state index contributed by atoms with van der Waals surface area (Å²) >= 11 is 0. The molecule has 3 aromatic carbocycles. The molecule has 0 spiro atoms. The lowest BCUT2D eigenvalue weighted by molar-refractivity contribution is -0.129. The molecule has 7 nitrogen and oxygen atoms in total. The Balaban J connectivity index is 1.45. The van der Waals surface area contributed by atoms with Gasteiger partial charge in [0.1, 0.15) is 6.04 Å². The van der Waals surface area contributed by atoms with Crippen LogP contribution < -0.4 is 10.2 Å². The van der Waals surface area contributed by atoms with Gasteiger partial charge in [-0.15, -0.1) is 0 Å². The average molecular weight is 450 g/mol. The van der Waals surface area contributed by atoms with E-state index in [2.05, 4.69) is 10.4 Å². The standard InChI is InChI=1S/C27H22N4O3/c1-16-11-13-19(14-12-16)30-26(33)21-22(27(30)34)24(25(32)29-18-8-3-2-4-9-18)31-23(21)20-10-6-5-7-17(20)15-28-31/h2-15,21-24H,1H3,(H,29,32)/t21-,22+,23?,24-/m1/s1. The molecule has 1 unspecified atom stereocenters. The quantitative estimate of drug-likeness (QED) is 0.619. The molecule has 2 fully saturated rings. The van der Waals surface area contributed by atoms with Crippen molar-refractivity contribution in [3.63, 3.8) is 0 Å². The van der Waals surface area contributed by atoms with Crippen LogP contribution in [0.5, 0.6) is 0 Å². The Bertz CT molecular complexity index is 1340. The fraction of sp³-hybridized carbons (Fsp3) is 0.185. The Morgan fingerprint density at radius 3 is 2.29 bits per heavy atom. The number of amides is 3. The van der Waals surface area contributed by atoms with Gasteiger partial charge in [-0.25, -0.2) is 4.90 Å². The van der Waals surface area contributed by atoms with Crippen LogP contribution in [-0.4, -0.2) is 35.0 Å². The van der Waals surface area contributed by atoms with Crippen molar-refractivity contribution in [3.05, 3.63) is 95.6 Å². The lowest BCUT2D eigenvalue weighted by atomic mass is 9.85. The molecular formula is C27H22N4O3. The molecule has 6 rings (SSSR count). The molecule has 0 aromatic heterocycles. The molecule has 3 aliphatic rings. The van der Waals surface area contributed by atoms with Crippen LogP contribution in [0.1, 0.15) is 22.7 Å². The average Bonchev–Trinajstić information content (AvgIpc) is 3.33. The van der Waals surface area contributed by atoms with Crippen molar-refractivity contribution >= 4 is 35.3 Å². The number of carbonyl (C=O) groups is 3. The third-order valence-corrected chi connectivity index (χ3v) is 6.90.